The standard InChI is InChI=1S/C10H16N4O/c1-2-14-7-8(6-12-14)13-10(15)9-4-3-5-11-9/h6-7,9,11H,2-5H2,1H3,(H,13,15)/t9-/m1/s1. The highest BCUT2D eigenvalue weighted by Crippen LogP contribution is 2.09. The van der Waals surface area contributed by atoms with E-state index in [-0.39, 0.29) is 11.9 Å². The largest absolute Gasteiger partial charge is 0.322 e. The highest BCUT2D eigenvalue weighted by atomic mass is 16.2. The molecular formula is C10H16N4O. The summed E-state index contributed by atoms with van der Waals surface area (Å²) in [5.74, 6) is 0.0446. The van der Waals surface area contributed by atoms with E-state index in [1.165, 1.54) is 0 Å². The van der Waals surface area contributed by atoms with E-state index in [1.54, 1.807) is 10.9 Å². The normalized spacial score (nSPS) is 20.5. The van der Waals surface area contributed by atoms with Crippen LogP contribution in [-0.4, -0.2) is 28.3 Å². The summed E-state index contributed by atoms with van der Waals surface area (Å²) >= 11 is 0. The molecule has 1 atom stereocenters. The third-order valence-corrected chi connectivity index (χ3v) is 2.60. The molecule has 1 aromatic heterocycles. The molecular weight excluding hydrogens is 192 g/mol. The van der Waals surface area contributed by atoms with Crippen molar-refractivity contribution in [1.82, 2.24) is 15.1 Å². The molecule has 0 bridgehead atoms. The fraction of sp³-hybridized carbons (Fsp3) is 0.600. The molecule has 0 radical (unpaired) electrons. The van der Waals surface area contributed by atoms with Crippen LogP contribution in [0.2, 0.25) is 0 Å². The Hall–Kier alpha value is -1.36. The maximum absolute atomic E-state index is 11.7. The zero-order valence-corrected chi connectivity index (χ0v) is 8.86. The monoisotopic (exact) mass is 208 g/mol. The second-order valence-electron chi connectivity index (χ2n) is 3.72. The fourth-order valence-electron chi connectivity index (χ4n) is 1.74. The molecule has 1 aromatic rings. The average molecular weight is 208 g/mol. The number of aryl methyl sites for hydroxylation is 1. The number of nitrogens with one attached hydrogen (secondary N) is 2. The minimum absolute atomic E-state index is 0.0324. The van der Waals surface area contributed by atoms with Gasteiger partial charge in [-0.25, -0.2) is 0 Å². The number of carbonyl (C=O) groups is 1. The highest BCUT2D eigenvalue weighted by molar-refractivity contribution is 5.94. The van der Waals surface area contributed by atoms with E-state index in [1.807, 2.05) is 13.1 Å². The molecule has 1 fully saturated rings. The lowest BCUT2D eigenvalue weighted by molar-refractivity contribution is -0.117. The summed E-state index contributed by atoms with van der Waals surface area (Å²) in [6.45, 7) is 3.76. The van der Waals surface area contributed by atoms with Crippen molar-refractivity contribution in [3.63, 3.8) is 0 Å². The number of carbonyl (C=O) groups excluding carboxylic acids is 1. The van der Waals surface area contributed by atoms with Crippen molar-refractivity contribution >= 4 is 11.6 Å². The second kappa shape index (κ2) is 4.44. The third kappa shape index (κ3) is 2.36. The fourth-order valence-corrected chi connectivity index (χ4v) is 1.74. The Labute approximate surface area is 88.8 Å². The molecule has 0 unspecified atom stereocenters. The number of rotatable bonds is 3. The Kier molecular flexibility index (Phi) is 3.01. The van der Waals surface area contributed by atoms with Crippen LogP contribution in [0.3, 0.4) is 0 Å². The van der Waals surface area contributed by atoms with Crippen molar-refractivity contribution in [2.75, 3.05) is 11.9 Å². The summed E-state index contributed by atoms with van der Waals surface area (Å²) in [4.78, 5) is 11.7. The number of nitrogens with zero attached hydrogens (tertiary/aromatic N) is 2. The molecule has 2 rings (SSSR count). The van der Waals surface area contributed by atoms with E-state index in [0.29, 0.717) is 0 Å². The molecule has 2 heterocycles. The molecule has 1 amide bonds. The minimum atomic E-state index is -0.0324. The van der Waals surface area contributed by atoms with E-state index >= 15 is 0 Å². The van der Waals surface area contributed by atoms with Gasteiger partial charge in [-0.1, -0.05) is 0 Å². The average Bonchev–Trinajstić information content (AvgIpc) is 2.87. The summed E-state index contributed by atoms with van der Waals surface area (Å²) in [7, 11) is 0. The summed E-state index contributed by atoms with van der Waals surface area (Å²) in [6.07, 6.45) is 5.52. The lowest BCUT2D eigenvalue weighted by atomic mass is 10.2. The number of hydrogen-bond acceptors (Lipinski definition) is 3. The van der Waals surface area contributed by atoms with E-state index in [2.05, 4.69) is 15.7 Å². The van der Waals surface area contributed by atoms with Crippen LogP contribution in [-0.2, 0) is 11.3 Å². The molecule has 0 spiro atoms. The Morgan fingerprint density at radius 3 is 3.27 bits per heavy atom. The summed E-state index contributed by atoms with van der Waals surface area (Å²) in [6, 6.07) is -0.0324. The van der Waals surface area contributed by atoms with Gasteiger partial charge in [0.1, 0.15) is 0 Å². The van der Waals surface area contributed by atoms with E-state index in [9.17, 15) is 4.79 Å². The molecule has 5 heteroatoms. The van der Waals surface area contributed by atoms with Crippen molar-refractivity contribution in [2.24, 2.45) is 0 Å². The maximum Gasteiger partial charge on any atom is 0.241 e. The zero-order chi connectivity index (χ0) is 10.7. The molecule has 82 valence electrons. The van der Waals surface area contributed by atoms with Crippen LogP contribution in [0.1, 0.15) is 19.8 Å². The van der Waals surface area contributed by atoms with Crippen molar-refractivity contribution in [1.29, 1.82) is 0 Å². The van der Waals surface area contributed by atoms with Gasteiger partial charge in [0.25, 0.3) is 0 Å². The summed E-state index contributed by atoms with van der Waals surface area (Å²) < 4.78 is 1.79. The quantitative estimate of drug-likeness (QED) is 0.764. The van der Waals surface area contributed by atoms with Gasteiger partial charge in [0.05, 0.1) is 17.9 Å². The molecule has 1 aliphatic rings. The predicted molar refractivity (Wildman–Crippen MR) is 57.6 cm³/mol. The first-order valence-electron chi connectivity index (χ1n) is 5.36. The zero-order valence-electron chi connectivity index (χ0n) is 8.86. The van der Waals surface area contributed by atoms with Gasteiger partial charge in [-0.3, -0.25) is 9.48 Å². The number of amides is 1. The van der Waals surface area contributed by atoms with Gasteiger partial charge < -0.3 is 10.6 Å². The van der Waals surface area contributed by atoms with E-state index < -0.39 is 0 Å². The second-order valence-corrected chi connectivity index (χ2v) is 3.72. The Balaban J connectivity index is 1.92. The van der Waals surface area contributed by atoms with Crippen LogP contribution in [0.15, 0.2) is 12.4 Å². The first-order valence-corrected chi connectivity index (χ1v) is 5.36. The molecule has 2 N–H and O–H groups in total. The molecule has 15 heavy (non-hydrogen) atoms. The smallest absolute Gasteiger partial charge is 0.241 e. The lowest BCUT2D eigenvalue weighted by Gasteiger charge is -2.08. The van der Waals surface area contributed by atoms with Gasteiger partial charge in [-0.15, -0.1) is 0 Å². The van der Waals surface area contributed by atoms with Crippen molar-refractivity contribution in [3.05, 3.63) is 12.4 Å². The highest BCUT2D eigenvalue weighted by Gasteiger charge is 2.21. The van der Waals surface area contributed by atoms with Gasteiger partial charge >= 0.3 is 0 Å². The molecule has 0 aliphatic carbocycles. The Bertz CT molecular complexity index is 341. The first kappa shape index (κ1) is 10.2. The van der Waals surface area contributed by atoms with Gasteiger partial charge in [0.2, 0.25) is 5.91 Å². The molecule has 5 nitrogen and oxygen atoms in total. The van der Waals surface area contributed by atoms with Crippen LogP contribution in [0, 0.1) is 0 Å². The molecule has 0 aromatic carbocycles. The van der Waals surface area contributed by atoms with Gasteiger partial charge in [0.15, 0.2) is 0 Å². The summed E-state index contributed by atoms with van der Waals surface area (Å²) in [5, 5.41) is 10.1. The van der Waals surface area contributed by atoms with Crippen LogP contribution in [0.5, 0.6) is 0 Å². The third-order valence-electron chi connectivity index (χ3n) is 2.60. The molecule has 1 saturated heterocycles. The van der Waals surface area contributed by atoms with Crippen LogP contribution in [0.25, 0.3) is 0 Å². The van der Waals surface area contributed by atoms with Crippen LogP contribution >= 0.6 is 0 Å². The van der Waals surface area contributed by atoms with Gasteiger partial charge in [0, 0.05) is 12.7 Å². The van der Waals surface area contributed by atoms with E-state index in [4.69, 9.17) is 0 Å². The van der Waals surface area contributed by atoms with Crippen LogP contribution < -0.4 is 10.6 Å². The SMILES string of the molecule is CCn1cc(NC(=O)[C@H]2CCCN2)cn1. The number of hydrogen-bond donors (Lipinski definition) is 2. The maximum atomic E-state index is 11.7. The topological polar surface area (TPSA) is 59.0 Å². The summed E-state index contributed by atoms with van der Waals surface area (Å²) in [5.41, 5.74) is 0.774. The minimum Gasteiger partial charge on any atom is -0.322 e. The van der Waals surface area contributed by atoms with Crippen molar-refractivity contribution in [2.45, 2.75) is 32.4 Å². The Morgan fingerprint density at radius 2 is 2.67 bits per heavy atom. The van der Waals surface area contributed by atoms with Gasteiger partial charge in [-0.05, 0) is 26.3 Å². The first-order chi connectivity index (χ1) is 7.29. The Morgan fingerprint density at radius 1 is 1.80 bits per heavy atom. The van der Waals surface area contributed by atoms with Crippen LogP contribution in [0.4, 0.5) is 5.69 Å². The van der Waals surface area contributed by atoms with Crippen molar-refractivity contribution in [3.8, 4) is 0 Å². The lowest BCUT2D eigenvalue weighted by Crippen LogP contribution is -2.35. The van der Waals surface area contributed by atoms with E-state index in [0.717, 1.165) is 31.6 Å². The number of anilines is 1. The molecule has 1 aliphatic heterocycles. The van der Waals surface area contributed by atoms with Gasteiger partial charge in [-0.2, -0.15) is 5.10 Å². The molecule has 0 saturated carbocycles. The number of aromatic nitrogens is 2. The predicted octanol–water partition coefficient (Wildman–Crippen LogP) is 0.593. The van der Waals surface area contributed by atoms with Crippen molar-refractivity contribution < 1.29 is 4.79 Å².